The topological polar surface area (TPSA) is 61.4 Å². The van der Waals surface area contributed by atoms with Gasteiger partial charge in [-0.2, -0.15) is 11.8 Å². The van der Waals surface area contributed by atoms with Crippen molar-refractivity contribution in [3.05, 3.63) is 12.2 Å². The first-order valence-electron chi connectivity index (χ1n) is 6.23. The number of rotatable bonds is 4. The number of carbonyl (C=O) groups excluding carboxylic acids is 1. The molecule has 0 aromatic rings. The van der Waals surface area contributed by atoms with Crippen LogP contribution < -0.4 is 10.6 Å². The minimum atomic E-state index is -0.0919. The van der Waals surface area contributed by atoms with Crippen LogP contribution in [0.4, 0.5) is 4.79 Å². The van der Waals surface area contributed by atoms with E-state index in [2.05, 4.69) is 10.6 Å². The fourth-order valence-electron chi connectivity index (χ4n) is 2.25. The summed E-state index contributed by atoms with van der Waals surface area (Å²) in [6.45, 7) is 0.922. The van der Waals surface area contributed by atoms with Gasteiger partial charge < -0.3 is 15.7 Å². The Labute approximate surface area is 106 Å². The van der Waals surface area contributed by atoms with E-state index in [0.717, 1.165) is 13.0 Å². The summed E-state index contributed by atoms with van der Waals surface area (Å²) >= 11 is 1.94. The Morgan fingerprint density at radius 1 is 1.47 bits per heavy atom. The maximum absolute atomic E-state index is 11.6. The molecule has 0 spiro atoms. The number of aliphatic hydroxyl groups is 1. The van der Waals surface area contributed by atoms with E-state index in [1.54, 1.807) is 0 Å². The van der Waals surface area contributed by atoms with E-state index < -0.39 is 0 Å². The summed E-state index contributed by atoms with van der Waals surface area (Å²) < 4.78 is 0. The highest BCUT2D eigenvalue weighted by atomic mass is 32.2. The van der Waals surface area contributed by atoms with Gasteiger partial charge >= 0.3 is 6.03 Å². The quantitative estimate of drug-likeness (QED) is 0.661. The van der Waals surface area contributed by atoms with Crippen LogP contribution in [-0.4, -0.2) is 41.3 Å². The van der Waals surface area contributed by atoms with Crippen LogP contribution in [0.1, 0.15) is 19.3 Å². The monoisotopic (exact) mass is 256 g/mol. The van der Waals surface area contributed by atoms with E-state index in [4.69, 9.17) is 5.11 Å². The van der Waals surface area contributed by atoms with Crippen LogP contribution in [0.25, 0.3) is 0 Å². The minimum Gasteiger partial charge on any atom is -0.396 e. The molecule has 1 fully saturated rings. The first kappa shape index (κ1) is 12.8. The van der Waals surface area contributed by atoms with Gasteiger partial charge in [-0.1, -0.05) is 12.2 Å². The van der Waals surface area contributed by atoms with Gasteiger partial charge in [0.1, 0.15) is 0 Å². The average Bonchev–Trinajstić information content (AvgIpc) is 2.97. The minimum absolute atomic E-state index is 0.0726. The van der Waals surface area contributed by atoms with Crippen molar-refractivity contribution >= 4 is 17.8 Å². The zero-order valence-electron chi connectivity index (χ0n) is 9.89. The number of thioether (sulfide) groups is 1. The molecule has 1 heterocycles. The fraction of sp³-hybridized carbons (Fsp3) is 0.750. The van der Waals surface area contributed by atoms with Crippen LogP contribution in [0.2, 0.25) is 0 Å². The molecular formula is C12H20N2O2S. The van der Waals surface area contributed by atoms with E-state index >= 15 is 0 Å². The highest BCUT2D eigenvalue weighted by Gasteiger charge is 2.20. The standard InChI is InChI=1S/C12H20N2O2S/c15-8-9-3-4-10(6-9)14-12(16)13-7-11-2-1-5-17-11/h3-4,9-11,15H,1-2,5-8H2,(H2,13,14,16)/t9-,10+,11?/m0/s1. The van der Waals surface area contributed by atoms with Crippen molar-refractivity contribution in [1.82, 2.24) is 10.6 Å². The van der Waals surface area contributed by atoms with Crippen LogP contribution in [0.15, 0.2) is 12.2 Å². The average molecular weight is 256 g/mol. The molecule has 17 heavy (non-hydrogen) atoms. The Kier molecular flexibility index (Phi) is 4.74. The summed E-state index contributed by atoms with van der Waals surface area (Å²) in [6.07, 6.45) is 7.22. The third kappa shape index (κ3) is 3.92. The molecule has 1 saturated heterocycles. The van der Waals surface area contributed by atoms with Gasteiger partial charge in [-0.05, 0) is 25.0 Å². The van der Waals surface area contributed by atoms with Crippen LogP contribution in [0.5, 0.6) is 0 Å². The summed E-state index contributed by atoms with van der Waals surface area (Å²) in [5, 5.41) is 15.4. The summed E-state index contributed by atoms with van der Waals surface area (Å²) in [5.41, 5.74) is 0. The lowest BCUT2D eigenvalue weighted by Crippen LogP contribution is -2.42. The second-order valence-corrected chi connectivity index (χ2v) is 6.07. The highest BCUT2D eigenvalue weighted by Crippen LogP contribution is 2.25. The Morgan fingerprint density at radius 2 is 2.35 bits per heavy atom. The second kappa shape index (κ2) is 6.31. The molecule has 0 aromatic carbocycles. The molecule has 1 aliphatic heterocycles. The van der Waals surface area contributed by atoms with Crippen molar-refractivity contribution < 1.29 is 9.90 Å². The number of amides is 2. The van der Waals surface area contributed by atoms with Crippen LogP contribution in [-0.2, 0) is 0 Å². The molecule has 96 valence electrons. The number of hydrogen-bond donors (Lipinski definition) is 3. The summed E-state index contributed by atoms with van der Waals surface area (Å²) in [4.78, 5) is 11.6. The third-order valence-corrected chi connectivity index (χ3v) is 4.64. The molecule has 3 atom stereocenters. The van der Waals surface area contributed by atoms with Gasteiger partial charge in [0.25, 0.3) is 0 Å². The molecule has 2 aliphatic rings. The lowest BCUT2D eigenvalue weighted by Gasteiger charge is -2.15. The van der Waals surface area contributed by atoms with Crippen molar-refractivity contribution in [2.24, 2.45) is 5.92 Å². The molecule has 1 unspecified atom stereocenters. The lowest BCUT2D eigenvalue weighted by atomic mass is 10.1. The zero-order valence-corrected chi connectivity index (χ0v) is 10.7. The maximum atomic E-state index is 11.6. The lowest BCUT2D eigenvalue weighted by molar-refractivity contribution is 0.231. The van der Waals surface area contributed by atoms with Crippen molar-refractivity contribution in [2.45, 2.75) is 30.6 Å². The molecule has 0 bridgehead atoms. The molecule has 3 N–H and O–H groups in total. The number of urea groups is 1. The number of carbonyl (C=O) groups is 1. The fourth-order valence-corrected chi connectivity index (χ4v) is 3.45. The molecule has 0 radical (unpaired) electrons. The molecule has 0 aromatic heterocycles. The van der Waals surface area contributed by atoms with Crippen molar-refractivity contribution in [2.75, 3.05) is 18.9 Å². The third-order valence-electron chi connectivity index (χ3n) is 3.24. The van der Waals surface area contributed by atoms with Gasteiger partial charge in [0.15, 0.2) is 0 Å². The van der Waals surface area contributed by atoms with Gasteiger partial charge in [-0.3, -0.25) is 0 Å². The predicted molar refractivity (Wildman–Crippen MR) is 70.1 cm³/mol. The maximum Gasteiger partial charge on any atom is 0.315 e. The SMILES string of the molecule is O=C(NCC1CCCS1)N[C@@H]1C=C[C@H](CO)C1. The van der Waals surface area contributed by atoms with Gasteiger partial charge in [0, 0.05) is 30.4 Å². The Balaban J connectivity index is 1.62. The van der Waals surface area contributed by atoms with E-state index in [9.17, 15) is 4.79 Å². The van der Waals surface area contributed by atoms with E-state index in [0.29, 0.717) is 5.25 Å². The Morgan fingerprint density at radius 3 is 3.00 bits per heavy atom. The number of hydrogen-bond acceptors (Lipinski definition) is 3. The van der Waals surface area contributed by atoms with Crippen molar-refractivity contribution in [3.63, 3.8) is 0 Å². The summed E-state index contributed by atoms with van der Waals surface area (Å²) in [7, 11) is 0. The molecule has 2 amide bonds. The zero-order chi connectivity index (χ0) is 12.1. The van der Waals surface area contributed by atoms with E-state index in [1.807, 2.05) is 23.9 Å². The Hall–Kier alpha value is -0.680. The van der Waals surface area contributed by atoms with E-state index in [-0.39, 0.29) is 24.6 Å². The molecule has 5 heteroatoms. The van der Waals surface area contributed by atoms with Gasteiger partial charge in [0.05, 0.1) is 0 Å². The van der Waals surface area contributed by atoms with Crippen LogP contribution >= 0.6 is 11.8 Å². The van der Waals surface area contributed by atoms with Crippen molar-refractivity contribution in [3.8, 4) is 0 Å². The summed E-state index contributed by atoms with van der Waals surface area (Å²) in [5.74, 6) is 1.42. The number of nitrogens with one attached hydrogen (secondary N) is 2. The first-order chi connectivity index (χ1) is 8.28. The van der Waals surface area contributed by atoms with E-state index in [1.165, 1.54) is 18.6 Å². The smallest absolute Gasteiger partial charge is 0.315 e. The van der Waals surface area contributed by atoms with Gasteiger partial charge in [-0.25, -0.2) is 4.79 Å². The molecule has 4 nitrogen and oxygen atoms in total. The largest absolute Gasteiger partial charge is 0.396 e. The second-order valence-electron chi connectivity index (χ2n) is 4.66. The van der Waals surface area contributed by atoms with Gasteiger partial charge in [0.2, 0.25) is 0 Å². The van der Waals surface area contributed by atoms with Gasteiger partial charge in [-0.15, -0.1) is 0 Å². The molecule has 0 saturated carbocycles. The normalized spacial score (nSPS) is 31.7. The predicted octanol–water partition coefficient (Wildman–Crippen LogP) is 1.12. The molecular weight excluding hydrogens is 236 g/mol. The number of aliphatic hydroxyl groups excluding tert-OH is 1. The summed E-state index contributed by atoms with van der Waals surface area (Å²) in [6, 6.07) is -0.0193. The molecule has 2 rings (SSSR count). The highest BCUT2D eigenvalue weighted by molar-refractivity contribution is 8.00. The van der Waals surface area contributed by atoms with Crippen LogP contribution in [0.3, 0.4) is 0 Å². The Bertz CT molecular complexity index is 290. The molecule has 1 aliphatic carbocycles. The van der Waals surface area contributed by atoms with Crippen molar-refractivity contribution in [1.29, 1.82) is 0 Å². The first-order valence-corrected chi connectivity index (χ1v) is 7.28. The van der Waals surface area contributed by atoms with Crippen LogP contribution in [0, 0.1) is 5.92 Å².